The number of amides is 1. The van der Waals surface area contributed by atoms with Gasteiger partial charge in [0.2, 0.25) is 5.91 Å². The number of halogens is 4. The largest absolute Gasteiger partial charge is 0.461 e. The molecule has 2 aromatic carbocycles. The molecule has 1 aliphatic carbocycles. The maximum Gasteiger partial charge on any atom is 0.319 e. The summed E-state index contributed by atoms with van der Waals surface area (Å²) in [4.78, 5) is 28.7. The van der Waals surface area contributed by atoms with E-state index in [1.165, 1.54) is 12.1 Å². The van der Waals surface area contributed by atoms with Crippen molar-refractivity contribution in [1.82, 2.24) is 25.1 Å². The number of nitrogen functional groups attached to an aromatic ring is 1. The van der Waals surface area contributed by atoms with E-state index in [0.717, 1.165) is 43.6 Å². The lowest BCUT2D eigenvalue weighted by molar-refractivity contribution is -0.131. The Morgan fingerprint density at radius 1 is 1.25 bits per heavy atom. The number of thiophene rings is 1. The molecule has 3 N–H and O–H groups in total. The highest BCUT2D eigenvalue weighted by Crippen LogP contribution is 2.47. The van der Waals surface area contributed by atoms with E-state index in [4.69, 9.17) is 27.1 Å². The van der Waals surface area contributed by atoms with Crippen LogP contribution in [0.15, 0.2) is 18.2 Å². The Labute approximate surface area is 301 Å². The number of carbonyl (C=O) groups is 1. The molecule has 5 aliphatic rings. The molecule has 0 spiro atoms. The predicted octanol–water partition coefficient (Wildman–Crippen LogP) is 5.64. The predicted molar refractivity (Wildman–Crippen MR) is 190 cm³/mol. The second kappa shape index (κ2) is 12.1. The summed E-state index contributed by atoms with van der Waals surface area (Å²) >= 11 is 7.80. The van der Waals surface area contributed by atoms with Gasteiger partial charge in [-0.3, -0.25) is 15.0 Å². The highest BCUT2D eigenvalue weighted by Gasteiger charge is 2.53. The van der Waals surface area contributed by atoms with Crippen LogP contribution in [0.2, 0.25) is 5.02 Å². The van der Waals surface area contributed by atoms with Crippen LogP contribution in [0.1, 0.15) is 44.1 Å². The first-order valence-electron chi connectivity index (χ1n) is 17.5. The number of aromatic nitrogens is 2. The van der Waals surface area contributed by atoms with Crippen molar-refractivity contribution in [1.29, 1.82) is 5.26 Å². The van der Waals surface area contributed by atoms with Crippen LogP contribution in [-0.4, -0.2) is 95.3 Å². The van der Waals surface area contributed by atoms with Crippen molar-refractivity contribution in [2.45, 2.75) is 68.4 Å². The number of nitrogens with zero attached hydrogens (tertiary/aromatic N) is 6. The number of anilines is 2. The van der Waals surface area contributed by atoms with Gasteiger partial charge in [-0.1, -0.05) is 17.7 Å². The molecule has 9 rings (SSSR count). The fraction of sp³-hybridized carbons (Fsp3) is 0.500. The summed E-state index contributed by atoms with van der Waals surface area (Å²) in [5.74, 6) is -0.294. The monoisotopic (exact) mass is 736 g/mol. The number of nitriles is 1. The fourth-order valence-corrected chi connectivity index (χ4v) is 10.0. The summed E-state index contributed by atoms with van der Waals surface area (Å²) < 4.78 is 53.0. The number of hydrogen-bond donors (Lipinski definition) is 2. The molecule has 6 heterocycles. The minimum atomic E-state index is -0.951. The number of ether oxygens (including phenoxy) is 1. The van der Waals surface area contributed by atoms with Gasteiger partial charge < -0.3 is 20.3 Å². The number of nitrogens with two attached hydrogens (primary N) is 1. The van der Waals surface area contributed by atoms with Crippen molar-refractivity contribution in [2.75, 3.05) is 50.5 Å². The molecule has 0 bridgehead atoms. The lowest BCUT2D eigenvalue weighted by Gasteiger charge is -2.31. The zero-order valence-electron chi connectivity index (χ0n) is 27.9. The molecular weight excluding hydrogens is 701 g/mol. The number of fused-ring (bicyclic) bond motifs is 3. The number of alkyl halides is 1. The van der Waals surface area contributed by atoms with Crippen LogP contribution >= 0.6 is 22.9 Å². The van der Waals surface area contributed by atoms with Gasteiger partial charge in [0.15, 0.2) is 5.82 Å². The topological polar surface area (TPSA) is 134 Å². The second-order valence-corrected chi connectivity index (χ2v) is 16.2. The molecule has 15 heteroatoms. The molecule has 4 saturated heterocycles. The van der Waals surface area contributed by atoms with Gasteiger partial charge in [0.25, 0.3) is 0 Å². The maximum absolute atomic E-state index is 17.1. The van der Waals surface area contributed by atoms with Crippen LogP contribution in [-0.2, 0) is 4.79 Å². The first-order valence-corrected chi connectivity index (χ1v) is 18.7. The van der Waals surface area contributed by atoms with Gasteiger partial charge in [-0.05, 0) is 62.3 Å². The summed E-state index contributed by atoms with van der Waals surface area (Å²) in [5.41, 5.74) is 5.74. The molecule has 51 heavy (non-hydrogen) atoms. The van der Waals surface area contributed by atoms with Gasteiger partial charge in [0, 0.05) is 55.5 Å². The molecule has 1 unspecified atom stereocenters. The molecule has 266 valence electrons. The minimum absolute atomic E-state index is 0.0227. The highest BCUT2D eigenvalue weighted by atomic mass is 35.5. The fourth-order valence-electron chi connectivity index (χ4n) is 8.76. The third kappa shape index (κ3) is 5.38. The van der Waals surface area contributed by atoms with E-state index < -0.39 is 23.3 Å². The summed E-state index contributed by atoms with van der Waals surface area (Å²) in [7, 11) is 1.83. The number of hydrogen-bond acceptors (Lipinski definition) is 10. The van der Waals surface area contributed by atoms with Gasteiger partial charge in [-0.2, -0.15) is 15.2 Å². The standard InChI is InChI=1S/C36H36ClF3N8O2S/c1-46(34(49)30-28(43-30)17-3-4-17)19-7-10-47(15-19)33-21-11-23(37)26(20-5-6-24(39)31-25(20)22(13-41)32(42)51-31)27(40)29(21)44-35(45-33)50-16-36-8-2-9-48(36)14-18(38)12-36/h5-6,11,17-19,28,30,43H,2-4,7-10,12,14-16,42H2,1H3/t18-,19?,28+,30-,36+/m1/s1. The average Bonchev–Trinajstić information content (AvgIpc) is 3.94. The van der Waals surface area contributed by atoms with E-state index in [1.807, 2.05) is 22.9 Å². The minimum Gasteiger partial charge on any atom is -0.461 e. The Morgan fingerprint density at radius 3 is 2.86 bits per heavy atom. The molecule has 4 aliphatic heterocycles. The molecule has 4 aromatic rings. The summed E-state index contributed by atoms with van der Waals surface area (Å²) in [6.45, 7) is 2.28. The van der Waals surface area contributed by atoms with E-state index in [0.29, 0.717) is 49.6 Å². The number of rotatable bonds is 8. The van der Waals surface area contributed by atoms with Gasteiger partial charge in [-0.15, -0.1) is 11.3 Å². The van der Waals surface area contributed by atoms with Crippen LogP contribution in [0, 0.1) is 28.9 Å². The van der Waals surface area contributed by atoms with Crippen LogP contribution in [0.5, 0.6) is 6.01 Å². The molecule has 0 radical (unpaired) electrons. The van der Waals surface area contributed by atoms with Crippen LogP contribution in [0.3, 0.4) is 0 Å². The molecule has 5 fully saturated rings. The number of nitrogens with one attached hydrogen (secondary N) is 1. The first-order chi connectivity index (χ1) is 24.6. The Morgan fingerprint density at radius 2 is 2.08 bits per heavy atom. The SMILES string of the molecule is CN(C(=O)[C@@H]1N[C@H]1C1CC1)C1CCN(c2nc(OC[C@@]34CCCN3C[C@H](F)C4)nc3c(F)c(-c4ccc(F)c5sc(N)c(C#N)c45)c(Cl)cc23)C1. The summed E-state index contributed by atoms with van der Waals surface area (Å²) in [5, 5.41) is 13.9. The van der Waals surface area contributed by atoms with E-state index in [1.54, 1.807) is 6.07 Å². The average molecular weight is 737 g/mol. The van der Waals surface area contributed by atoms with E-state index in [9.17, 15) is 18.8 Å². The lowest BCUT2D eigenvalue weighted by Crippen LogP contribution is -2.43. The third-order valence-electron chi connectivity index (χ3n) is 11.6. The zero-order chi connectivity index (χ0) is 35.3. The summed E-state index contributed by atoms with van der Waals surface area (Å²) in [6, 6.07) is 6.18. The third-order valence-corrected chi connectivity index (χ3v) is 13.0. The van der Waals surface area contributed by atoms with Crippen LogP contribution in [0.25, 0.3) is 32.1 Å². The molecular formula is C36H36ClF3N8O2S. The Kier molecular flexibility index (Phi) is 7.81. The lowest BCUT2D eigenvalue weighted by atomic mass is 9.95. The normalized spacial score (nSPS) is 27.3. The number of benzene rings is 2. The number of likely N-dealkylation sites (N-methyl/N-ethyl adjacent to an activating group) is 1. The summed E-state index contributed by atoms with van der Waals surface area (Å²) in [6.07, 6.45) is 4.10. The molecule has 1 amide bonds. The zero-order valence-corrected chi connectivity index (χ0v) is 29.5. The van der Waals surface area contributed by atoms with Gasteiger partial charge in [-0.25, -0.2) is 13.2 Å². The highest BCUT2D eigenvalue weighted by molar-refractivity contribution is 7.23. The van der Waals surface area contributed by atoms with Crippen molar-refractivity contribution in [3.63, 3.8) is 0 Å². The Hall–Kier alpha value is -3.90. The van der Waals surface area contributed by atoms with Crippen molar-refractivity contribution in [2.24, 2.45) is 5.92 Å². The van der Waals surface area contributed by atoms with Gasteiger partial charge in [0.05, 0.1) is 26.9 Å². The van der Waals surface area contributed by atoms with Crippen LogP contribution < -0.4 is 20.7 Å². The Bertz CT molecular complexity index is 2160. The first kappa shape index (κ1) is 33.0. The quantitative estimate of drug-likeness (QED) is 0.221. The van der Waals surface area contributed by atoms with Crippen molar-refractivity contribution in [3.8, 4) is 23.2 Å². The molecule has 10 nitrogen and oxygen atoms in total. The van der Waals surface area contributed by atoms with Gasteiger partial charge >= 0.3 is 6.01 Å². The van der Waals surface area contributed by atoms with Gasteiger partial charge in [0.1, 0.15) is 47.0 Å². The van der Waals surface area contributed by atoms with E-state index in [2.05, 4.69) is 15.2 Å². The van der Waals surface area contributed by atoms with Crippen molar-refractivity contribution in [3.05, 3.63) is 40.4 Å². The van der Waals surface area contributed by atoms with Crippen LogP contribution in [0.4, 0.5) is 24.0 Å². The van der Waals surface area contributed by atoms with E-state index in [-0.39, 0.29) is 79.0 Å². The molecule has 5 atom stereocenters. The second-order valence-electron chi connectivity index (χ2n) is 14.7. The van der Waals surface area contributed by atoms with Crippen molar-refractivity contribution < 1.29 is 22.7 Å². The number of carbonyl (C=O) groups excluding carboxylic acids is 1. The maximum atomic E-state index is 17.1. The molecule has 1 saturated carbocycles. The van der Waals surface area contributed by atoms with E-state index >= 15 is 4.39 Å². The van der Waals surface area contributed by atoms with Crippen molar-refractivity contribution >= 4 is 60.7 Å². The molecule has 2 aromatic heterocycles. The smallest absolute Gasteiger partial charge is 0.319 e. The Balaban J connectivity index is 1.11.